The lowest BCUT2D eigenvalue weighted by molar-refractivity contribution is 0.0958. The van der Waals surface area contributed by atoms with Crippen LogP contribution in [0, 0.1) is 11.8 Å². The molecule has 126 valence electrons. The highest BCUT2D eigenvalue weighted by molar-refractivity contribution is 5.22. The smallest absolute Gasteiger partial charge is 0.222 e. The van der Waals surface area contributed by atoms with Gasteiger partial charge in [-0.1, -0.05) is 30.3 Å². The number of anilines is 1. The summed E-state index contributed by atoms with van der Waals surface area (Å²) < 4.78 is 6.04. The SMILES string of the molecule is c1ccc(CCN2C[C@@H]3[C@@H](CNc4ncccn4)CO[C@@H]3C2)cc1. The molecule has 0 radical (unpaired) electrons. The monoisotopic (exact) mass is 324 g/mol. The van der Waals surface area contributed by atoms with Crippen molar-refractivity contribution in [3.63, 3.8) is 0 Å². The minimum atomic E-state index is 0.393. The minimum Gasteiger partial charge on any atom is -0.376 e. The fourth-order valence-corrected chi connectivity index (χ4v) is 3.82. The first-order valence-electron chi connectivity index (χ1n) is 8.77. The Bertz CT molecular complexity index is 636. The second-order valence-electron chi connectivity index (χ2n) is 6.74. The van der Waals surface area contributed by atoms with E-state index in [1.54, 1.807) is 12.4 Å². The van der Waals surface area contributed by atoms with E-state index in [2.05, 4.69) is 50.5 Å². The Morgan fingerprint density at radius 2 is 1.92 bits per heavy atom. The van der Waals surface area contributed by atoms with Crippen LogP contribution in [0.3, 0.4) is 0 Å². The summed E-state index contributed by atoms with van der Waals surface area (Å²) in [5, 5.41) is 3.35. The van der Waals surface area contributed by atoms with Crippen molar-refractivity contribution in [1.82, 2.24) is 14.9 Å². The number of ether oxygens (including phenoxy) is 1. The van der Waals surface area contributed by atoms with E-state index in [-0.39, 0.29) is 0 Å². The third kappa shape index (κ3) is 3.57. The Labute approximate surface area is 143 Å². The second kappa shape index (κ2) is 7.28. The Balaban J connectivity index is 1.27. The molecule has 1 aromatic carbocycles. The topological polar surface area (TPSA) is 50.3 Å². The van der Waals surface area contributed by atoms with Gasteiger partial charge in [0.25, 0.3) is 0 Å². The zero-order valence-electron chi connectivity index (χ0n) is 13.8. The Kier molecular flexibility index (Phi) is 4.71. The molecule has 3 heterocycles. The van der Waals surface area contributed by atoms with Gasteiger partial charge in [0.1, 0.15) is 0 Å². The van der Waals surface area contributed by atoms with Crippen LogP contribution < -0.4 is 5.32 Å². The molecule has 2 fully saturated rings. The summed E-state index contributed by atoms with van der Waals surface area (Å²) in [4.78, 5) is 11.0. The van der Waals surface area contributed by atoms with Gasteiger partial charge in [0.15, 0.2) is 0 Å². The number of nitrogens with one attached hydrogen (secondary N) is 1. The van der Waals surface area contributed by atoms with E-state index in [4.69, 9.17) is 4.74 Å². The van der Waals surface area contributed by atoms with Crippen LogP contribution in [0.25, 0.3) is 0 Å². The van der Waals surface area contributed by atoms with Gasteiger partial charge in [-0.15, -0.1) is 0 Å². The van der Waals surface area contributed by atoms with Crippen molar-refractivity contribution in [3.8, 4) is 0 Å². The molecule has 5 heteroatoms. The van der Waals surface area contributed by atoms with Crippen LogP contribution in [0.1, 0.15) is 5.56 Å². The van der Waals surface area contributed by atoms with E-state index in [9.17, 15) is 0 Å². The highest BCUT2D eigenvalue weighted by atomic mass is 16.5. The van der Waals surface area contributed by atoms with Crippen molar-refractivity contribution < 1.29 is 4.74 Å². The molecule has 2 aromatic rings. The van der Waals surface area contributed by atoms with Gasteiger partial charge in [0, 0.05) is 50.4 Å². The molecule has 0 aliphatic carbocycles. The molecule has 5 nitrogen and oxygen atoms in total. The summed E-state index contributed by atoms with van der Waals surface area (Å²) >= 11 is 0. The molecule has 0 amide bonds. The van der Waals surface area contributed by atoms with Crippen LogP contribution in [0.2, 0.25) is 0 Å². The van der Waals surface area contributed by atoms with E-state index in [0.29, 0.717) is 23.9 Å². The van der Waals surface area contributed by atoms with Crippen molar-refractivity contribution >= 4 is 5.95 Å². The molecule has 0 unspecified atom stereocenters. The van der Waals surface area contributed by atoms with Crippen molar-refractivity contribution in [2.24, 2.45) is 11.8 Å². The second-order valence-corrected chi connectivity index (χ2v) is 6.74. The number of rotatable bonds is 6. The largest absolute Gasteiger partial charge is 0.376 e. The van der Waals surface area contributed by atoms with E-state index >= 15 is 0 Å². The van der Waals surface area contributed by atoms with Crippen LogP contribution in [-0.2, 0) is 11.2 Å². The summed E-state index contributed by atoms with van der Waals surface area (Å²) in [5.74, 6) is 1.87. The summed E-state index contributed by atoms with van der Waals surface area (Å²) in [6, 6.07) is 12.6. The zero-order chi connectivity index (χ0) is 16.2. The van der Waals surface area contributed by atoms with Gasteiger partial charge in [-0.05, 0) is 18.1 Å². The van der Waals surface area contributed by atoms with Gasteiger partial charge in [0.05, 0.1) is 12.7 Å². The molecule has 2 aliphatic rings. The summed E-state index contributed by atoms with van der Waals surface area (Å²) in [6.45, 7) is 5.05. The molecule has 0 spiro atoms. The lowest BCUT2D eigenvalue weighted by Crippen LogP contribution is -2.29. The Morgan fingerprint density at radius 3 is 2.75 bits per heavy atom. The van der Waals surface area contributed by atoms with Crippen molar-refractivity contribution in [2.75, 3.05) is 38.1 Å². The van der Waals surface area contributed by atoms with E-state index in [1.165, 1.54) is 5.56 Å². The normalized spacial score (nSPS) is 26.4. The quantitative estimate of drug-likeness (QED) is 0.882. The average molecular weight is 324 g/mol. The first-order chi connectivity index (χ1) is 11.9. The highest BCUT2D eigenvalue weighted by Crippen LogP contribution is 2.33. The molecule has 2 aliphatic heterocycles. The van der Waals surface area contributed by atoms with Gasteiger partial charge in [-0.25, -0.2) is 9.97 Å². The van der Waals surface area contributed by atoms with E-state index < -0.39 is 0 Å². The number of nitrogens with zero attached hydrogens (tertiary/aromatic N) is 3. The zero-order valence-corrected chi connectivity index (χ0v) is 13.8. The van der Waals surface area contributed by atoms with Gasteiger partial charge in [0.2, 0.25) is 5.95 Å². The highest BCUT2D eigenvalue weighted by Gasteiger charge is 2.43. The number of benzene rings is 1. The maximum atomic E-state index is 6.04. The standard InChI is InChI=1S/C19H24N4O/c1-2-5-15(6-3-1)7-10-23-12-17-16(14-24-18(17)13-23)11-22-19-20-8-4-9-21-19/h1-6,8-9,16-18H,7,10-14H2,(H,20,21,22)/t16-,17+,18+/m0/s1. The van der Waals surface area contributed by atoms with Crippen LogP contribution in [-0.4, -0.2) is 53.8 Å². The molecule has 1 aromatic heterocycles. The molecular formula is C19H24N4O. The van der Waals surface area contributed by atoms with Gasteiger partial charge < -0.3 is 15.0 Å². The number of hydrogen-bond acceptors (Lipinski definition) is 5. The van der Waals surface area contributed by atoms with E-state index in [0.717, 1.165) is 39.2 Å². The molecule has 0 bridgehead atoms. The fraction of sp³-hybridized carbons (Fsp3) is 0.474. The number of likely N-dealkylation sites (tertiary alicyclic amines) is 1. The minimum absolute atomic E-state index is 0.393. The van der Waals surface area contributed by atoms with Crippen molar-refractivity contribution in [3.05, 3.63) is 54.4 Å². The summed E-state index contributed by atoms with van der Waals surface area (Å²) in [6.07, 6.45) is 5.04. The summed E-state index contributed by atoms with van der Waals surface area (Å²) in [7, 11) is 0. The number of aromatic nitrogens is 2. The lowest BCUT2D eigenvalue weighted by atomic mass is 9.93. The third-order valence-corrected chi connectivity index (χ3v) is 5.16. The van der Waals surface area contributed by atoms with Crippen LogP contribution in [0.15, 0.2) is 48.8 Å². The number of fused-ring (bicyclic) bond motifs is 1. The van der Waals surface area contributed by atoms with Crippen molar-refractivity contribution in [2.45, 2.75) is 12.5 Å². The maximum Gasteiger partial charge on any atom is 0.222 e. The van der Waals surface area contributed by atoms with Crippen molar-refractivity contribution in [1.29, 1.82) is 0 Å². The molecule has 0 saturated carbocycles. The average Bonchev–Trinajstić information content (AvgIpc) is 3.20. The predicted octanol–water partition coefficient (Wildman–Crippen LogP) is 2.08. The van der Waals surface area contributed by atoms with Gasteiger partial charge in [-0.2, -0.15) is 0 Å². The first-order valence-corrected chi connectivity index (χ1v) is 8.77. The Morgan fingerprint density at radius 1 is 1.08 bits per heavy atom. The third-order valence-electron chi connectivity index (χ3n) is 5.16. The van der Waals surface area contributed by atoms with Gasteiger partial charge >= 0.3 is 0 Å². The number of hydrogen-bond donors (Lipinski definition) is 1. The van der Waals surface area contributed by atoms with Gasteiger partial charge in [-0.3, -0.25) is 0 Å². The molecule has 1 N–H and O–H groups in total. The predicted molar refractivity (Wildman–Crippen MR) is 93.8 cm³/mol. The molecule has 24 heavy (non-hydrogen) atoms. The molecule has 2 saturated heterocycles. The van der Waals surface area contributed by atoms with Crippen LogP contribution in [0.4, 0.5) is 5.95 Å². The fourth-order valence-electron chi connectivity index (χ4n) is 3.82. The lowest BCUT2D eigenvalue weighted by Gasteiger charge is -2.20. The van der Waals surface area contributed by atoms with E-state index in [1.807, 2.05) is 6.07 Å². The maximum absolute atomic E-state index is 6.04. The van der Waals surface area contributed by atoms with Crippen LogP contribution in [0.5, 0.6) is 0 Å². The molecule has 3 atom stereocenters. The molecule has 4 rings (SSSR count). The molecular weight excluding hydrogens is 300 g/mol. The first kappa shape index (κ1) is 15.5. The Hall–Kier alpha value is -1.98. The summed E-state index contributed by atoms with van der Waals surface area (Å²) in [5.41, 5.74) is 1.41. The van der Waals surface area contributed by atoms with Crippen LogP contribution >= 0.6 is 0 Å².